The van der Waals surface area contributed by atoms with Gasteiger partial charge in [-0.1, -0.05) is 43.4 Å². The quantitative estimate of drug-likeness (QED) is 0.632. The Bertz CT molecular complexity index is 613. The van der Waals surface area contributed by atoms with Crippen molar-refractivity contribution < 1.29 is 14.6 Å². The number of nitrogens with zero attached hydrogens (tertiary/aromatic N) is 1. The van der Waals surface area contributed by atoms with Crippen LogP contribution in [0.3, 0.4) is 0 Å². The number of thioether (sulfide) groups is 1. The monoisotopic (exact) mass is 337 g/mol. The number of hydrogen-bond acceptors (Lipinski definition) is 5. The second-order valence-corrected chi connectivity index (χ2v) is 6.52. The molecule has 4 nitrogen and oxygen atoms in total. The first kappa shape index (κ1) is 16.8. The number of thiocarbonyl (C=S) groups is 1. The molecule has 1 amide bonds. The van der Waals surface area contributed by atoms with Crippen LogP contribution in [0.25, 0.3) is 6.08 Å². The molecule has 6 heteroatoms. The highest BCUT2D eigenvalue weighted by atomic mass is 32.2. The molecule has 22 heavy (non-hydrogen) atoms. The molecule has 1 N–H and O–H groups in total. The van der Waals surface area contributed by atoms with E-state index < -0.39 is 0 Å². The summed E-state index contributed by atoms with van der Waals surface area (Å²) >= 11 is 6.59. The lowest BCUT2D eigenvalue weighted by Gasteiger charge is -2.13. The standard InChI is InChI=1S/C16H19NO3S2/c1-3-5-8-17-15(19)14(22-16(17)21)10-11-6-7-12(18)13(9-11)20-4-2/h6-7,9-10,18H,3-5,8H2,1-2H3/b14-10+. The van der Waals surface area contributed by atoms with Crippen LogP contribution in [0.15, 0.2) is 23.1 Å². The number of ether oxygens (including phenoxy) is 1. The van der Waals surface area contributed by atoms with E-state index in [-0.39, 0.29) is 11.7 Å². The minimum atomic E-state index is -0.0468. The Morgan fingerprint density at radius 3 is 2.86 bits per heavy atom. The van der Waals surface area contributed by atoms with Gasteiger partial charge in [-0.15, -0.1) is 0 Å². The van der Waals surface area contributed by atoms with Crippen molar-refractivity contribution >= 4 is 40.3 Å². The Kier molecular flexibility index (Phi) is 5.85. The van der Waals surface area contributed by atoms with E-state index in [1.807, 2.05) is 6.92 Å². The number of hydrogen-bond donors (Lipinski definition) is 1. The van der Waals surface area contributed by atoms with Crippen LogP contribution in [-0.2, 0) is 4.79 Å². The fourth-order valence-corrected chi connectivity index (χ4v) is 3.36. The lowest BCUT2D eigenvalue weighted by Crippen LogP contribution is -2.28. The number of carbonyl (C=O) groups excluding carboxylic acids is 1. The number of aromatic hydroxyl groups is 1. The van der Waals surface area contributed by atoms with E-state index in [0.29, 0.717) is 28.1 Å². The highest BCUT2D eigenvalue weighted by Crippen LogP contribution is 2.34. The molecule has 0 radical (unpaired) electrons. The van der Waals surface area contributed by atoms with E-state index in [1.165, 1.54) is 11.8 Å². The molecule has 118 valence electrons. The molecule has 2 rings (SSSR count). The normalized spacial score (nSPS) is 16.6. The molecule has 0 bridgehead atoms. The van der Waals surface area contributed by atoms with Crippen molar-refractivity contribution in [2.75, 3.05) is 13.2 Å². The van der Waals surface area contributed by atoms with Crippen molar-refractivity contribution in [3.8, 4) is 11.5 Å². The lowest BCUT2D eigenvalue weighted by atomic mass is 10.2. The first-order valence-corrected chi connectivity index (χ1v) is 8.50. The second-order valence-electron chi connectivity index (χ2n) is 4.85. The maximum Gasteiger partial charge on any atom is 0.266 e. The summed E-state index contributed by atoms with van der Waals surface area (Å²) in [5, 5.41) is 9.71. The van der Waals surface area contributed by atoms with E-state index in [0.717, 1.165) is 18.4 Å². The van der Waals surface area contributed by atoms with Gasteiger partial charge in [0.25, 0.3) is 5.91 Å². The Balaban J connectivity index is 2.21. The fourth-order valence-electron chi connectivity index (χ4n) is 2.05. The van der Waals surface area contributed by atoms with Crippen molar-refractivity contribution in [2.24, 2.45) is 0 Å². The van der Waals surface area contributed by atoms with Gasteiger partial charge in [0.2, 0.25) is 0 Å². The Morgan fingerprint density at radius 1 is 1.41 bits per heavy atom. The molecule has 0 aromatic heterocycles. The van der Waals surface area contributed by atoms with E-state index in [9.17, 15) is 9.90 Å². The number of benzene rings is 1. The van der Waals surface area contributed by atoms with Crippen molar-refractivity contribution in [3.05, 3.63) is 28.7 Å². The van der Waals surface area contributed by atoms with Crippen molar-refractivity contribution in [1.82, 2.24) is 4.90 Å². The molecule has 1 saturated heterocycles. The molecule has 1 fully saturated rings. The Hall–Kier alpha value is -1.53. The van der Waals surface area contributed by atoms with E-state index in [4.69, 9.17) is 17.0 Å². The fraction of sp³-hybridized carbons (Fsp3) is 0.375. The van der Waals surface area contributed by atoms with Crippen LogP contribution < -0.4 is 4.74 Å². The SMILES string of the molecule is CCCCN1C(=O)/C(=C\c2ccc(O)c(OCC)c2)SC1=S. The maximum atomic E-state index is 12.4. The average molecular weight is 337 g/mol. The molecular formula is C16H19NO3S2. The van der Waals surface area contributed by atoms with Crippen molar-refractivity contribution in [3.63, 3.8) is 0 Å². The first-order valence-electron chi connectivity index (χ1n) is 7.28. The summed E-state index contributed by atoms with van der Waals surface area (Å²) < 4.78 is 5.96. The molecular weight excluding hydrogens is 318 g/mol. The largest absolute Gasteiger partial charge is 0.504 e. The summed E-state index contributed by atoms with van der Waals surface area (Å²) in [6, 6.07) is 5.03. The van der Waals surface area contributed by atoms with E-state index in [1.54, 1.807) is 29.2 Å². The number of amides is 1. The van der Waals surface area contributed by atoms with Crippen LogP contribution in [0.4, 0.5) is 0 Å². The highest BCUT2D eigenvalue weighted by Gasteiger charge is 2.31. The molecule has 0 saturated carbocycles. The zero-order valence-electron chi connectivity index (χ0n) is 12.7. The lowest BCUT2D eigenvalue weighted by molar-refractivity contribution is -0.122. The average Bonchev–Trinajstić information content (AvgIpc) is 2.75. The van der Waals surface area contributed by atoms with Crippen LogP contribution in [0, 0.1) is 0 Å². The summed E-state index contributed by atoms with van der Waals surface area (Å²) in [4.78, 5) is 14.6. The number of phenols is 1. The minimum Gasteiger partial charge on any atom is -0.504 e. The topological polar surface area (TPSA) is 49.8 Å². The molecule has 1 heterocycles. The smallest absolute Gasteiger partial charge is 0.266 e. The molecule has 0 aliphatic carbocycles. The molecule has 0 unspecified atom stereocenters. The van der Waals surface area contributed by atoms with Gasteiger partial charge in [-0.25, -0.2) is 0 Å². The minimum absolute atomic E-state index is 0.0468. The van der Waals surface area contributed by atoms with Crippen LogP contribution in [-0.4, -0.2) is 33.4 Å². The van der Waals surface area contributed by atoms with Gasteiger partial charge in [0.05, 0.1) is 11.5 Å². The van der Waals surface area contributed by atoms with Crippen LogP contribution in [0.1, 0.15) is 32.3 Å². The molecule has 1 aliphatic rings. The maximum absolute atomic E-state index is 12.4. The highest BCUT2D eigenvalue weighted by molar-refractivity contribution is 8.26. The van der Waals surface area contributed by atoms with Gasteiger partial charge in [0, 0.05) is 6.54 Å². The van der Waals surface area contributed by atoms with Gasteiger partial charge in [-0.3, -0.25) is 9.69 Å². The number of carbonyl (C=O) groups is 1. The third-order valence-electron chi connectivity index (χ3n) is 3.19. The third-order valence-corrected chi connectivity index (χ3v) is 4.57. The van der Waals surface area contributed by atoms with Gasteiger partial charge < -0.3 is 9.84 Å². The molecule has 1 aromatic rings. The van der Waals surface area contributed by atoms with Gasteiger partial charge in [0.1, 0.15) is 4.32 Å². The summed E-state index contributed by atoms with van der Waals surface area (Å²) in [5.41, 5.74) is 0.803. The van der Waals surface area contributed by atoms with Gasteiger partial charge in [-0.05, 0) is 37.1 Å². The van der Waals surface area contributed by atoms with Gasteiger partial charge in [0.15, 0.2) is 11.5 Å². The van der Waals surface area contributed by atoms with Crippen LogP contribution >= 0.6 is 24.0 Å². The first-order chi connectivity index (χ1) is 10.6. The van der Waals surface area contributed by atoms with Crippen molar-refractivity contribution in [2.45, 2.75) is 26.7 Å². The molecule has 1 aliphatic heterocycles. The zero-order chi connectivity index (χ0) is 16.1. The zero-order valence-corrected chi connectivity index (χ0v) is 14.3. The van der Waals surface area contributed by atoms with Gasteiger partial charge >= 0.3 is 0 Å². The van der Waals surface area contributed by atoms with Crippen LogP contribution in [0.2, 0.25) is 0 Å². The Morgan fingerprint density at radius 2 is 2.18 bits per heavy atom. The third kappa shape index (κ3) is 3.81. The predicted molar refractivity (Wildman–Crippen MR) is 94.1 cm³/mol. The van der Waals surface area contributed by atoms with E-state index >= 15 is 0 Å². The number of unbranched alkanes of at least 4 members (excludes halogenated alkanes) is 1. The molecule has 0 spiro atoms. The summed E-state index contributed by atoms with van der Waals surface area (Å²) in [5.74, 6) is 0.460. The Labute approximate surface area is 140 Å². The number of rotatable bonds is 6. The second kappa shape index (κ2) is 7.65. The van der Waals surface area contributed by atoms with Crippen molar-refractivity contribution in [1.29, 1.82) is 0 Å². The number of phenolic OH excluding ortho intramolecular Hbond substituents is 1. The predicted octanol–water partition coefficient (Wildman–Crippen LogP) is 3.79. The van der Waals surface area contributed by atoms with E-state index in [2.05, 4.69) is 6.92 Å². The summed E-state index contributed by atoms with van der Waals surface area (Å²) in [6.45, 7) is 5.07. The summed E-state index contributed by atoms with van der Waals surface area (Å²) in [6.07, 6.45) is 3.74. The van der Waals surface area contributed by atoms with Crippen LogP contribution in [0.5, 0.6) is 11.5 Å². The molecule has 0 atom stereocenters. The van der Waals surface area contributed by atoms with Gasteiger partial charge in [-0.2, -0.15) is 0 Å². The molecule has 1 aromatic carbocycles. The summed E-state index contributed by atoms with van der Waals surface area (Å²) in [7, 11) is 0.